The zero-order chi connectivity index (χ0) is 21.6. The quantitative estimate of drug-likeness (QED) is 0.687. The lowest BCUT2D eigenvalue weighted by atomic mass is 10.0. The minimum atomic E-state index is -1.06. The van der Waals surface area contributed by atoms with Gasteiger partial charge in [-0.1, -0.05) is 18.2 Å². The smallest absolute Gasteiger partial charge is 0.408 e. The molecule has 0 radical (unpaired) electrons. The first-order valence-electron chi connectivity index (χ1n) is 9.18. The minimum absolute atomic E-state index is 0.0983. The van der Waals surface area contributed by atoms with E-state index in [1.165, 1.54) is 24.9 Å². The molecule has 0 aliphatic rings. The van der Waals surface area contributed by atoms with E-state index in [1.807, 2.05) is 0 Å². The molecule has 0 spiro atoms. The first-order valence-corrected chi connectivity index (χ1v) is 9.18. The predicted octanol–water partition coefficient (Wildman–Crippen LogP) is 2.33. The second-order valence-corrected chi connectivity index (χ2v) is 7.94. The van der Waals surface area contributed by atoms with E-state index < -0.39 is 35.6 Å². The molecule has 0 heterocycles. The number of phenols is 1. The molecule has 3 amide bonds. The fraction of sp³-hybridized carbons (Fsp3) is 0.550. The summed E-state index contributed by atoms with van der Waals surface area (Å²) in [4.78, 5) is 38.8. The fourth-order valence-corrected chi connectivity index (χ4v) is 2.59. The van der Waals surface area contributed by atoms with Crippen molar-refractivity contribution < 1.29 is 24.2 Å². The number of hydrogen-bond donors (Lipinski definition) is 3. The van der Waals surface area contributed by atoms with Gasteiger partial charge in [-0.05, 0) is 47.6 Å². The molecular weight excluding hydrogens is 362 g/mol. The molecule has 0 aliphatic carbocycles. The van der Waals surface area contributed by atoms with Crippen molar-refractivity contribution in [1.82, 2.24) is 15.5 Å². The van der Waals surface area contributed by atoms with E-state index >= 15 is 0 Å². The van der Waals surface area contributed by atoms with Crippen LogP contribution in [0.1, 0.15) is 53.1 Å². The molecule has 0 saturated heterocycles. The number of amides is 3. The Labute approximate surface area is 166 Å². The van der Waals surface area contributed by atoms with E-state index in [9.17, 15) is 19.5 Å². The lowest BCUT2D eigenvalue weighted by molar-refractivity contribution is -0.140. The first-order chi connectivity index (χ1) is 12.8. The Bertz CT molecular complexity index is 712. The number of rotatable bonds is 6. The number of benzene rings is 1. The topological polar surface area (TPSA) is 108 Å². The van der Waals surface area contributed by atoms with Gasteiger partial charge < -0.3 is 25.4 Å². The number of carbonyl (C=O) groups is 3. The number of likely N-dealkylation sites (N-methyl/N-ethyl adjacent to an activating group) is 1. The van der Waals surface area contributed by atoms with Crippen LogP contribution >= 0.6 is 0 Å². The maximum atomic E-state index is 12.9. The van der Waals surface area contributed by atoms with Gasteiger partial charge in [-0.15, -0.1) is 0 Å². The summed E-state index contributed by atoms with van der Waals surface area (Å²) in [7, 11) is 1.45. The summed E-state index contributed by atoms with van der Waals surface area (Å²) in [6.07, 6.45) is -0.729. The van der Waals surface area contributed by atoms with Gasteiger partial charge in [0.25, 0.3) is 0 Å². The fourth-order valence-electron chi connectivity index (χ4n) is 2.59. The van der Waals surface area contributed by atoms with Crippen molar-refractivity contribution in [2.75, 3.05) is 7.05 Å². The summed E-state index contributed by atoms with van der Waals surface area (Å²) >= 11 is 0. The van der Waals surface area contributed by atoms with Crippen LogP contribution in [0.25, 0.3) is 0 Å². The molecule has 0 saturated carbocycles. The zero-order valence-electron chi connectivity index (χ0n) is 17.6. The van der Waals surface area contributed by atoms with E-state index in [2.05, 4.69) is 10.6 Å². The van der Waals surface area contributed by atoms with Crippen molar-refractivity contribution in [2.45, 2.75) is 65.3 Å². The summed E-state index contributed by atoms with van der Waals surface area (Å²) in [5, 5.41) is 15.4. The van der Waals surface area contributed by atoms with Crippen LogP contribution < -0.4 is 10.6 Å². The van der Waals surface area contributed by atoms with Gasteiger partial charge >= 0.3 is 6.09 Å². The highest BCUT2D eigenvalue weighted by Crippen LogP contribution is 2.28. The van der Waals surface area contributed by atoms with Gasteiger partial charge in [0.15, 0.2) is 0 Å². The second-order valence-electron chi connectivity index (χ2n) is 7.94. The number of nitrogens with one attached hydrogen (secondary N) is 2. The average molecular weight is 393 g/mol. The third kappa shape index (κ3) is 6.75. The number of hydrogen-bond acceptors (Lipinski definition) is 5. The van der Waals surface area contributed by atoms with Crippen molar-refractivity contribution in [3.8, 4) is 5.75 Å². The number of phenolic OH excluding ortho intramolecular Hbond substituents is 1. The first kappa shape index (κ1) is 23.3. The molecule has 8 nitrogen and oxygen atoms in total. The molecule has 0 fully saturated rings. The Kier molecular flexibility index (Phi) is 7.84. The van der Waals surface area contributed by atoms with E-state index in [0.717, 1.165) is 0 Å². The molecule has 0 bridgehead atoms. The van der Waals surface area contributed by atoms with Crippen LogP contribution in [0, 0.1) is 0 Å². The summed E-state index contributed by atoms with van der Waals surface area (Å²) < 4.78 is 5.16. The van der Waals surface area contributed by atoms with Crippen LogP contribution in [-0.2, 0) is 14.3 Å². The lowest BCUT2D eigenvalue weighted by Gasteiger charge is -2.31. The average Bonchev–Trinajstić information content (AvgIpc) is 2.53. The third-order valence-corrected chi connectivity index (χ3v) is 3.75. The van der Waals surface area contributed by atoms with Gasteiger partial charge in [-0.3, -0.25) is 9.59 Å². The number of aromatic hydroxyl groups is 1. The van der Waals surface area contributed by atoms with Crippen molar-refractivity contribution in [2.24, 2.45) is 0 Å². The second kappa shape index (κ2) is 9.43. The Morgan fingerprint density at radius 2 is 1.64 bits per heavy atom. The van der Waals surface area contributed by atoms with E-state index in [1.54, 1.807) is 52.8 Å². The van der Waals surface area contributed by atoms with E-state index in [-0.39, 0.29) is 11.8 Å². The molecule has 0 aromatic heterocycles. The molecule has 1 aromatic carbocycles. The predicted molar refractivity (Wildman–Crippen MR) is 106 cm³/mol. The van der Waals surface area contributed by atoms with Gasteiger partial charge in [0.2, 0.25) is 11.8 Å². The van der Waals surface area contributed by atoms with Gasteiger partial charge in [0.1, 0.15) is 23.4 Å². The summed E-state index contributed by atoms with van der Waals surface area (Å²) in [6, 6.07) is 4.19. The van der Waals surface area contributed by atoms with Crippen LogP contribution in [0.2, 0.25) is 0 Å². The SMILES string of the molecule is CC(C)NC(=O)C(c1ccccc1O)N(C)C(=O)C(C)NC(=O)OC(C)(C)C. The van der Waals surface area contributed by atoms with Gasteiger partial charge in [0.05, 0.1) is 0 Å². The molecular formula is C20H31N3O5. The number of alkyl carbamates (subject to hydrolysis) is 1. The number of ether oxygens (including phenoxy) is 1. The largest absolute Gasteiger partial charge is 0.508 e. The molecule has 2 unspecified atom stereocenters. The number of carbonyl (C=O) groups excluding carboxylic acids is 3. The molecule has 1 aromatic rings. The van der Waals surface area contributed by atoms with Crippen LogP contribution in [0.3, 0.4) is 0 Å². The Morgan fingerprint density at radius 3 is 2.14 bits per heavy atom. The molecule has 28 heavy (non-hydrogen) atoms. The van der Waals surface area contributed by atoms with Crippen molar-refractivity contribution in [3.05, 3.63) is 29.8 Å². The van der Waals surface area contributed by atoms with Crippen LogP contribution in [0.4, 0.5) is 4.79 Å². The standard InChI is InChI=1S/C20H31N3O5/c1-12(2)21-17(25)16(14-10-8-9-11-15(14)24)23(7)18(26)13(3)22-19(27)28-20(4,5)6/h8-13,16,24H,1-7H3,(H,21,25)(H,22,27). The van der Waals surface area contributed by atoms with Crippen molar-refractivity contribution in [3.63, 3.8) is 0 Å². The van der Waals surface area contributed by atoms with Gasteiger partial charge in [0, 0.05) is 18.7 Å². The Balaban J connectivity index is 3.06. The number of para-hydroxylation sites is 1. The molecule has 1 rings (SSSR count). The third-order valence-electron chi connectivity index (χ3n) is 3.75. The minimum Gasteiger partial charge on any atom is -0.508 e. The highest BCUT2D eigenvalue weighted by molar-refractivity contribution is 5.92. The van der Waals surface area contributed by atoms with Crippen molar-refractivity contribution >= 4 is 17.9 Å². The number of nitrogens with zero attached hydrogens (tertiary/aromatic N) is 1. The molecule has 8 heteroatoms. The van der Waals surface area contributed by atoms with Crippen LogP contribution in [0.15, 0.2) is 24.3 Å². The highest BCUT2D eigenvalue weighted by Gasteiger charge is 2.33. The van der Waals surface area contributed by atoms with Crippen molar-refractivity contribution in [1.29, 1.82) is 0 Å². The lowest BCUT2D eigenvalue weighted by Crippen LogP contribution is -2.51. The summed E-state index contributed by atoms with van der Waals surface area (Å²) in [6.45, 7) is 10.3. The van der Waals surface area contributed by atoms with Gasteiger partial charge in [-0.25, -0.2) is 4.79 Å². The zero-order valence-corrected chi connectivity index (χ0v) is 17.6. The van der Waals surface area contributed by atoms with Gasteiger partial charge in [-0.2, -0.15) is 0 Å². The Hall–Kier alpha value is -2.77. The molecule has 3 N–H and O–H groups in total. The molecule has 156 valence electrons. The van der Waals surface area contributed by atoms with Crippen LogP contribution in [-0.4, -0.2) is 52.6 Å². The highest BCUT2D eigenvalue weighted by atomic mass is 16.6. The van der Waals surface area contributed by atoms with E-state index in [4.69, 9.17) is 4.74 Å². The monoisotopic (exact) mass is 393 g/mol. The molecule has 0 aliphatic heterocycles. The summed E-state index contributed by atoms with van der Waals surface area (Å²) in [5.74, 6) is -1.03. The Morgan fingerprint density at radius 1 is 1.07 bits per heavy atom. The van der Waals surface area contributed by atoms with Crippen LogP contribution in [0.5, 0.6) is 5.75 Å². The normalized spacial score (nSPS) is 13.4. The maximum Gasteiger partial charge on any atom is 0.408 e. The molecule has 2 atom stereocenters. The maximum absolute atomic E-state index is 12.9. The van der Waals surface area contributed by atoms with E-state index in [0.29, 0.717) is 5.56 Å². The summed E-state index contributed by atoms with van der Waals surface area (Å²) in [5.41, 5.74) is -0.408.